The monoisotopic (exact) mass is 176 g/mol. The molecule has 0 spiro atoms. The standard InChI is InChI=1S/C10H12N2O/c1-7-4-9-8(2)6-11-12(9)10(5-7)13-3/h4-6H,1-3H3. The van der Waals surface area contributed by atoms with Crippen molar-refractivity contribution in [2.24, 2.45) is 0 Å². The van der Waals surface area contributed by atoms with Gasteiger partial charge in [-0.25, -0.2) is 4.52 Å². The van der Waals surface area contributed by atoms with Crippen LogP contribution in [0.1, 0.15) is 11.1 Å². The molecule has 3 heteroatoms. The van der Waals surface area contributed by atoms with Gasteiger partial charge in [0.2, 0.25) is 5.88 Å². The SMILES string of the molecule is COc1cc(C)cc2c(C)cnn12. The second kappa shape index (κ2) is 2.76. The van der Waals surface area contributed by atoms with E-state index in [9.17, 15) is 0 Å². The van der Waals surface area contributed by atoms with Gasteiger partial charge in [0.1, 0.15) is 0 Å². The third-order valence-corrected chi connectivity index (χ3v) is 2.13. The first-order chi connectivity index (χ1) is 6.22. The first-order valence-corrected chi connectivity index (χ1v) is 4.21. The number of rotatable bonds is 1. The highest BCUT2D eigenvalue weighted by atomic mass is 16.5. The highest BCUT2D eigenvalue weighted by molar-refractivity contribution is 5.56. The summed E-state index contributed by atoms with van der Waals surface area (Å²) in [6.07, 6.45) is 1.84. The van der Waals surface area contributed by atoms with Gasteiger partial charge in [0.15, 0.2) is 0 Å². The van der Waals surface area contributed by atoms with E-state index in [0.717, 1.165) is 11.4 Å². The highest BCUT2D eigenvalue weighted by Gasteiger charge is 2.04. The van der Waals surface area contributed by atoms with Gasteiger partial charge in [-0.05, 0) is 31.0 Å². The van der Waals surface area contributed by atoms with Gasteiger partial charge < -0.3 is 4.74 Å². The van der Waals surface area contributed by atoms with Crippen LogP contribution in [-0.2, 0) is 0 Å². The van der Waals surface area contributed by atoms with Crippen molar-refractivity contribution in [2.45, 2.75) is 13.8 Å². The molecule has 0 bridgehead atoms. The lowest BCUT2D eigenvalue weighted by atomic mass is 10.2. The van der Waals surface area contributed by atoms with Crippen molar-refractivity contribution >= 4 is 5.52 Å². The highest BCUT2D eigenvalue weighted by Crippen LogP contribution is 2.19. The number of methoxy groups -OCH3 is 1. The first kappa shape index (κ1) is 8.10. The van der Waals surface area contributed by atoms with Gasteiger partial charge in [0, 0.05) is 6.07 Å². The fourth-order valence-corrected chi connectivity index (χ4v) is 1.45. The van der Waals surface area contributed by atoms with Gasteiger partial charge in [0.05, 0.1) is 18.8 Å². The molecule has 0 saturated heterocycles. The molecule has 2 rings (SSSR count). The summed E-state index contributed by atoms with van der Waals surface area (Å²) in [4.78, 5) is 0. The number of hydrogen-bond acceptors (Lipinski definition) is 2. The van der Waals surface area contributed by atoms with Crippen LogP contribution >= 0.6 is 0 Å². The summed E-state index contributed by atoms with van der Waals surface area (Å²) in [5, 5.41) is 4.22. The van der Waals surface area contributed by atoms with Crippen LogP contribution in [0, 0.1) is 13.8 Å². The van der Waals surface area contributed by atoms with Crippen LogP contribution in [0.5, 0.6) is 5.88 Å². The van der Waals surface area contributed by atoms with E-state index in [1.807, 2.05) is 23.7 Å². The number of fused-ring (bicyclic) bond motifs is 1. The maximum atomic E-state index is 5.22. The second-order valence-electron chi connectivity index (χ2n) is 3.20. The van der Waals surface area contributed by atoms with E-state index in [1.54, 1.807) is 7.11 Å². The van der Waals surface area contributed by atoms with Crippen molar-refractivity contribution in [3.8, 4) is 5.88 Å². The number of hydrogen-bond donors (Lipinski definition) is 0. The largest absolute Gasteiger partial charge is 0.481 e. The number of ether oxygens (including phenoxy) is 1. The van der Waals surface area contributed by atoms with E-state index < -0.39 is 0 Å². The molecule has 0 aliphatic heterocycles. The smallest absolute Gasteiger partial charge is 0.214 e. The lowest BCUT2D eigenvalue weighted by Crippen LogP contribution is -1.96. The van der Waals surface area contributed by atoms with E-state index in [4.69, 9.17) is 4.74 Å². The summed E-state index contributed by atoms with van der Waals surface area (Å²) in [5.41, 5.74) is 3.46. The van der Waals surface area contributed by atoms with E-state index in [0.29, 0.717) is 0 Å². The summed E-state index contributed by atoms with van der Waals surface area (Å²) in [6.45, 7) is 4.09. The zero-order valence-corrected chi connectivity index (χ0v) is 8.03. The molecule has 13 heavy (non-hydrogen) atoms. The topological polar surface area (TPSA) is 26.5 Å². The van der Waals surface area contributed by atoms with Crippen molar-refractivity contribution in [1.82, 2.24) is 9.61 Å². The Bertz CT molecular complexity index is 445. The second-order valence-corrected chi connectivity index (χ2v) is 3.20. The summed E-state index contributed by atoms with van der Waals surface area (Å²) in [5.74, 6) is 0.781. The van der Waals surface area contributed by atoms with Crippen molar-refractivity contribution in [1.29, 1.82) is 0 Å². The molecule has 0 amide bonds. The number of aromatic nitrogens is 2. The van der Waals surface area contributed by atoms with E-state index in [1.165, 1.54) is 11.1 Å². The summed E-state index contributed by atoms with van der Waals surface area (Å²) >= 11 is 0. The quantitative estimate of drug-likeness (QED) is 0.664. The van der Waals surface area contributed by atoms with Gasteiger partial charge in [-0.2, -0.15) is 5.10 Å². The molecule has 0 radical (unpaired) electrons. The molecule has 2 heterocycles. The van der Waals surface area contributed by atoms with Crippen LogP contribution in [0.2, 0.25) is 0 Å². The van der Waals surface area contributed by atoms with Crippen LogP contribution in [0.15, 0.2) is 18.3 Å². The molecule has 68 valence electrons. The third kappa shape index (κ3) is 1.16. The molecule has 0 unspecified atom stereocenters. The van der Waals surface area contributed by atoms with E-state index in [-0.39, 0.29) is 0 Å². The molecular formula is C10H12N2O. The molecule has 2 aromatic heterocycles. The van der Waals surface area contributed by atoms with Gasteiger partial charge in [0.25, 0.3) is 0 Å². The number of pyridine rings is 1. The Morgan fingerprint density at radius 3 is 2.77 bits per heavy atom. The predicted molar refractivity (Wildman–Crippen MR) is 51.2 cm³/mol. The van der Waals surface area contributed by atoms with Crippen LogP contribution in [0.25, 0.3) is 5.52 Å². The summed E-state index contributed by atoms with van der Waals surface area (Å²) in [7, 11) is 1.66. The maximum absolute atomic E-state index is 5.22. The predicted octanol–water partition coefficient (Wildman–Crippen LogP) is 1.96. The first-order valence-electron chi connectivity index (χ1n) is 4.21. The molecule has 2 aromatic rings. The molecule has 0 saturated carbocycles. The molecule has 3 nitrogen and oxygen atoms in total. The zero-order chi connectivity index (χ0) is 9.42. The molecule has 0 fully saturated rings. The van der Waals surface area contributed by atoms with Crippen molar-refractivity contribution in [2.75, 3.05) is 7.11 Å². The Balaban J connectivity index is 2.84. The normalized spacial score (nSPS) is 10.7. The summed E-state index contributed by atoms with van der Waals surface area (Å²) < 4.78 is 7.03. The Kier molecular flexibility index (Phi) is 1.72. The number of aryl methyl sites for hydroxylation is 2. The lowest BCUT2D eigenvalue weighted by Gasteiger charge is -2.04. The number of nitrogens with zero attached hydrogens (tertiary/aromatic N) is 2. The minimum Gasteiger partial charge on any atom is -0.481 e. The minimum absolute atomic E-state index is 0.781. The van der Waals surface area contributed by atoms with Gasteiger partial charge in [-0.1, -0.05) is 0 Å². The molecular weight excluding hydrogens is 164 g/mol. The van der Waals surface area contributed by atoms with Crippen LogP contribution < -0.4 is 4.74 Å². The average molecular weight is 176 g/mol. The van der Waals surface area contributed by atoms with Crippen LogP contribution in [0.4, 0.5) is 0 Å². The van der Waals surface area contributed by atoms with Crippen LogP contribution in [-0.4, -0.2) is 16.7 Å². The Morgan fingerprint density at radius 1 is 1.31 bits per heavy atom. The Labute approximate surface area is 76.9 Å². The maximum Gasteiger partial charge on any atom is 0.214 e. The van der Waals surface area contributed by atoms with Crippen LogP contribution in [0.3, 0.4) is 0 Å². The van der Waals surface area contributed by atoms with Gasteiger partial charge in [-0.3, -0.25) is 0 Å². The molecule has 0 aliphatic carbocycles. The Morgan fingerprint density at radius 2 is 2.08 bits per heavy atom. The molecule has 0 aromatic carbocycles. The van der Waals surface area contributed by atoms with E-state index in [2.05, 4.69) is 18.1 Å². The third-order valence-electron chi connectivity index (χ3n) is 2.13. The molecule has 0 N–H and O–H groups in total. The fourth-order valence-electron chi connectivity index (χ4n) is 1.45. The lowest BCUT2D eigenvalue weighted by molar-refractivity contribution is 0.385. The minimum atomic E-state index is 0.781. The van der Waals surface area contributed by atoms with Crippen molar-refractivity contribution in [3.05, 3.63) is 29.5 Å². The zero-order valence-electron chi connectivity index (χ0n) is 8.03. The average Bonchev–Trinajstić information content (AvgIpc) is 2.47. The van der Waals surface area contributed by atoms with Gasteiger partial charge >= 0.3 is 0 Å². The Hall–Kier alpha value is -1.51. The van der Waals surface area contributed by atoms with Gasteiger partial charge in [-0.15, -0.1) is 0 Å². The van der Waals surface area contributed by atoms with E-state index >= 15 is 0 Å². The fraction of sp³-hybridized carbons (Fsp3) is 0.300. The summed E-state index contributed by atoms with van der Waals surface area (Å²) in [6, 6.07) is 4.07. The van der Waals surface area contributed by atoms with Crippen molar-refractivity contribution in [3.63, 3.8) is 0 Å². The molecule has 0 aliphatic rings. The molecule has 0 atom stereocenters. The van der Waals surface area contributed by atoms with Crippen molar-refractivity contribution < 1.29 is 4.74 Å².